The maximum Gasteiger partial charge on any atom is 0.509 e. The number of aromatic nitrogens is 2. The van der Waals surface area contributed by atoms with Gasteiger partial charge >= 0.3 is 6.09 Å². The molecule has 1 heterocycles. The third-order valence-electron chi connectivity index (χ3n) is 2.68. The SMILES string of the molecule is CCCCCCCC[n+]1ccn(C(=O)O)c1. The first-order valence-corrected chi connectivity index (χ1v) is 6.04. The smallest absolute Gasteiger partial charge is 0.446 e. The fourth-order valence-electron chi connectivity index (χ4n) is 1.71. The molecule has 0 bridgehead atoms. The van der Waals surface area contributed by atoms with Gasteiger partial charge in [0.1, 0.15) is 12.4 Å². The van der Waals surface area contributed by atoms with Crippen LogP contribution in [0.15, 0.2) is 18.7 Å². The van der Waals surface area contributed by atoms with Gasteiger partial charge in [-0.1, -0.05) is 32.6 Å². The fraction of sp³-hybridized carbons (Fsp3) is 0.667. The van der Waals surface area contributed by atoms with Crippen molar-refractivity contribution in [1.82, 2.24) is 4.57 Å². The highest BCUT2D eigenvalue weighted by atomic mass is 16.4. The van der Waals surface area contributed by atoms with Crippen molar-refractivity contribution in [3.8, 4) is 0 Å². The maximum absolute atomic E-state index is 10.6. The molecule has 0 aliphatic heterocycles. The van der Waals surface area contributed by atoms with E-state index in [0.29, 0.717) is 0 Å². The van der Waals surface area contributed by atoms with Crippen LogP contribution in [-0.2, 0) is 6.54 Å². The van der Waals surface area contributed by atoms with Crippen LogP contribution >= 0.6 is 0 Å². The van der Waals surface area contributed by atoms with Gasteiger partial charge in [0.05, 0.1) is 6.54 Å². The Bertz CT molecular complexity index is 321. The molecule has 0 aliphatic rings. The number of aryl methyl sites for hydroxylation is 1. The summed E-state index contributed by atoms with van der Waals surface area (Å²) in [5, 5.41) is 8.72. The van der Waals surface area contributed by atoms with E-state index in [1.807, 2.05) is 4.57 Å². The van der Waals surface area contributed by atoms with Crippen LogP contribution < -0.4 is 4.57 Å². The molecule has 0 aromatic carbocycles. The zero-order valence-electron chi connectivity index (χ0n) is 9.93. The summed E-state index contributed by atoms with van der Waals surface area (Å²) in [6.07, 6.45) is 11.6. The molecule has 4 nitrogen and oxygen atoms in total. The van der Waals surface area contributed by atoms with Crippen molar-refractivity contribution in [1.29, 1.82) is 0 Å². The summed E-state index contributed by atoms with van der Waals surface area (Å²) in [5.74, 6) is 0. The molecule has 0 amide bonds. The van der Waals surface area contributed by atoms with Crippen LogP contribution in [0.2, 0.25) is 0 Å². The van der Waals surface area contributed by atoms with E-state index in [2.05, 4.69) is 6.92 Å². The van der Waals surface area contributed by atoms with Gasteiger partial charge in [0.25, 0.3) is 6.33 Å². The maximum atomic E-state index is 10.6. The zero-order chi connectivity index (χ0) is 11.8. The van der Waals surface area contributed by atoms with Crippen molar-refractivity contribution >= 4 is 6.09 Å². The summed E-state index contributed by atoms with van der Waals surface area (Å²) in [7, 11) is 0. The Kier molecular flexibility index (Phi) is 5.61. The average molecular weight is 225 g/mol. The van der Waals surface area contributed by atoms with Gasteiger partial charge in [-0.05, 0) is 12.8 Å². The molecule has 0 aliphatic carbocycles. The Morgan fingerprint density at radius 1 is 1.25 bits per heavy atom. The molecule has 0 atom stereocenters. The Morgan fingerprint density at radius 3 is 2.56 bits per heavy atom. The highest BCUT2D eigenvalue weighted by Crippen LogP contribution is 2.04. The van der Waals surface area contributed by atoms with Crippen molar-refractivity contribution in [2.24, 2.45) is 0 Å². The molecule has 0 saturated heterocycles. The minimum Gasteiger partial charge on any atom is -0.446 e. The lowest BCUT2D eigenvalue weighted by Gasteiger charge is -1.98. The number of carbonyl (C=O) groups is 1. The van der Waals surface area contributed by atoms with Gasteiger partial charge in [-0.15, -0.1) is 4.57 Å². The highest BCUT2D eigenvalue weighted by molar-refractivity contribution is 5.67. The molecule has 1 aromatic heterocycles. The van der Waals surface area contributed by atoms with Crippen LogP contribution in [-0.4, -0.2) is 15.8 Å². The number of hydrogen-bond donors (Lipinski definition) is 1. The van der Waals surface area contributed by atoms with E-state index in [0.717, 1.165) is 13.0 Å². The molecule has 1 rings (SSSR count). The summed E-state index contributed by atoms with van der Waals surface area (Å²) >= 11 is 0. The lowest BCUT2D eigenvalue weighted by molar-refractivity contribution is -0.696. The van der Waals surface area contributed by atoms with Gasteiger partial charge in [0.15, 0.2) is 0 Å². The first-order valence-electron chi connectivity index (χ1n) is 6.04. The Morgan fingerprint density at radius 2 is 1.94 bits per heavy atom. The largest absolute Gasteiger partial charge is 0.509 e. The van der Waals surface area contributed by atoms with Crippen LogP contribution in [0.1, 0.15) is 45.4 Å². The number of carboxylic acid groups (broad SMARTS) is 1. The van der Waals surface area contributed by atoms with Crippen LogP contribution in [0.5, 0.6) is 0 Å². The number of nitrogens with zero attached hydrogens (tertiary/aromatic N) is 2. The van der Waals surface area contributed by atoms with Crippen LogP contribution in [0.3, 0.4) is 0 Å². The van der Waals surface area contributed by atoms with Crippen molar-refractivity contribution < 1.29 is 14.5 Å². The molecule has 0 fully saturated rings. The van der Waals surface area contributed by atoms with Crippen LogP contribution in [0.25, 0.3) is 0 Å². The number of imidazole rings is 1. The van der Waals surface area contributed by atoms with Gasteiger partial charge in [0, 0.05) is 0 Å². The summed E-state index contributed by atoms with van der Waals surface area (Å²) in [5.41, 5.74) is 0. The standard InChI is InChI=1S/C12H20N2O2/c1-2-3-4-5-6-7-8-13-9-10-14(11-13)12(15)16/h9-11H,2-8H2,1H3/p+1. The second-order valence-corrected chi connectivity index (χ2v) is 4.11. The molecule has 90 valence electrons. The molecule has 1 N–H and O–H groups in total. The summed E-state index contributed by atoms with van der Waals surface area (Å²) in [6, 6.07) is 0. The van der Waals surface area contributed by atoms with Gasteiger partial charge in [0.2, 0.25) is 0 Å². The highest BCUT2D eigenvalue weighted by Gasteiger charge is 2.09. The van der Waals surface area contributed by atoms with Gasteiger partial charge in [-0.2, -0.15) is 4.79 Å². The monoisotopic (exact) mass is 225 g/mol. The third kappa shape index (κ3) is 4.47. The van der Waals surface area contributed by atoms with Crippen molar-refractivity contribution in [2.75, 3.05) is 0 Å². The number of hydrogen-bond acceptors (Lipinski definition) is 1. The van der Waals surface area contributed by atoms with E-state index >= 15 is 0 Å². The Balaban J connectivity index is 2.14. The molecular weight excluding hydrogens is 204 g/mol. The van der Waals surface area contributed by atoms with Gasteiger partial charge in [-0.3, -0.25) is 0 Å². The quantitative estimate of drug-likeness (QED) is 0.573. The first kappa shape index (κ1) is 12.7. The summed E-state index contributed by atoms with van der Waals surface area (Å²) < 4.78 is 3.10. The predicted octanol–water partition coefficient (Wildman–Crippen LogP) is 2.66. The second kappa shape index (κ2) is 7.04. The Labute approximate surface area is 96.5 Å². The van der Waals surface area contributed by atoms with E-state index in [1.54, 1.807) is 18.7 Å². The predicted molar refractivity (Wildman–Crippen MR) is 61.4 cm³/mol. The lowest BCUT2D eigenvalue weighted by Crippen LogP contribution is -2.31. The molecule has 0 radical (unpaired) electrons. The normalized spacial score (nSPS) is 10.6. The topological polar surface area (TPSA) is 46.1 Å². The van der Waals surface area contributed by atoms with Crippen LogP contribution in [0, 0.1) is 0 Å². The molecule has 1 aromatic rings. The number of rotatable bonds is 7. The Hall–Kier alpha value is -1.32. The average Bonchev–Trinajstić information content (AvgIpc) is 2.72. The molecule has 0 spiro atoms. The zero-order valence-corrected chi connectivity index (χ0v) is 9.93. The molecule has 0 unspecified atom stereocenters. The van der Waals surface area contributed by atoms with Gasteiger partial charge < -0.3 is 5.11 Å². The van der Waals surface area contributed by atoms with Crippen molar-refractivity contribution in [2.45, 2.75) is 52.0 Å². The summed E-state index contributed by atoms with van der Waals surface area (Å²) in [4.78, 5) is 10.6. The van der Waals surface area contributed by atoms with E-state index in [-0.39, 0.29) is 0 Å². The molecule has 16 heavy (non-hydrogen) atoms. The van der Waals surface area contributed by atoms with E-state index in [9.17, 15) is 4.79 Å². The van der Waals surface area contributed by atoms with E-state index in [4.69, 9.17) is 5.11 Å². The molecule has 4 heteroatoms. The first-order chi connectivity index (χ1) is 7.74. The molecule has 0 saturated carbocycles. The van der Waals surface area contributed by atoms with Crippen molar-refractivity contribution in [3.63, 3.8) is 0 Å². The lowest BCUT2D eigenvalue weighted by atomic mass is 10.1. The third-order valence-corrected chi connectivity index (χ3v) is 2.68. The number of unbranched alkanes of at least 4 members (excludes halogenated alkanes) is 5. The van der Waals surface area contributed by atoms with E-state index in [1.165, 1.54) is 36.7 Å². The fourth-order valence-corrected chi connectivity index (χ4v) is 1.71. The molecular formula is C12H21N2O2+. The van der Waals surface area contributed by atoms with Gasteiger partial charge in [-0.25, -0.2) is 4.57 Å². The summed E-state index contributed by atoms with van der Waals surface area (Å²) in [6.45, 7) is 3.12. The van der Waals surface area contributed by atoms with Crippen molar-refractivity contribution in [3.05, 3.63) is 18.7 Å². The second-order valence-electron chi connectivity index (χ2n) is 4.11. The van der Waals surface area contributed by atoms with Crippen LogP contribution in [0.4, 0.5) is 4.79 Å². The van der Waals surface area contributed by atoms with E-state index < -0.39 is 6.09 Å². The minimum atomic E-state index is -0.929. The minimum absolute atomic E-state index is 0.909.